The maximum atomic E-state index is 5.51. The molecule has 0 aliphatic carbocycles. The van der Waals surface area contributed by atoms with Gasteiger partial charge >= 0.3 is 0 Å². The molecule has 1 heterocycles. The van der Waals surface area contributed by atoms with Gasteiger partial charge in [-0.2, -0.15) is 10.2 Å². The Bertz CT molecular complexity index is 700. The third kappa shape index (κ3) is 8.44. The number of aromatic nitrogens is 1. The topological polar surface area (TPSA) is 77.3 Å². The summed E-state index contributed by atoms with van der Waals surface area (Å²) in [6.07, 6.45) is 5.03. The summed E-state index contributed by atoms with van der Waals surface area (Å²) in [5.41, 5.74) is 2.88. The van der Waals surface area contributed by atoms with Gasteiger partial charge in [0.05, 0.1) is 32.2 Å². The molecule has 0 fully saturated rings. The van der Waals surface area contributed by atoms with Crippen LogP contribution in [0.5, 0.6) is 5.88 Å². The van der Waals surface area contributed by atoms with Gasteiger partial charge in [-0.3, -0.25) is 0 Å². The van der Waals surface area contributed by atoms with Crippen molar-refractivity contribution in [3.8, 4) is 5.88 Å². The summed E-state index contributed by atoms with van der Waals surface area (Å²) in [5.74, 6) is 0.550. The summed E-state index contributed by atoms with van der Waals surface area (Å²) < 4.78 is 16.1. The fraction of sp³-hybridized carbons (Fsp3) is 0.350. The van der Waals surface area contributed by atoms with Crippen molar-refractivity contribution >= 4 is 18.1 Å². The Hall–Kier alpha value is -2.77. The predicted molar refractivity (Wildman–Crippen MR) is 108 cm³/mol. The van der Waals surface area contributed by atoms with Crippen LogP contribution < -0.4 is 10.1 Å². The van der Waals surface area contributed by atoms with E-state index in [-0.39, 0.29) is 0 Å². The van der Waals surface area contributed by atoms with Gasteiger partial charge in [-0.05, 0) is 30.7 Å². The van der Waals surface area contributed by atoms with Crippen LogP contribution in [-0.2, 0) is 9.47 Å². The maximum absolute atomic E-state index is 5.51. The third-order valence-electron chi connectivity index (χ3n) is 3.49. The van der Waals surface area contributed by atoms with Crippen LogP contribution in [0.1, 0.15) is 18.1 Å². The number of hydrogen-bond acceptors (Lipinski definition) is 7. The van der Waals surface area contributed by atoms with Crippen molar-refractivity contribution in [3.63, 3.8) is 0 Å². The lowest BCUT2D eigenvalue weighted by atomic mass is 10.2. The number of benzene rings is 1. The Morgan fingerprint density at radius 3 is 2.22 bits per heavy atom. The molecule has 1 aromatic carbocycles. The summed E-state index contributed by atoms with van der Waals surface area (Å²) in [4.78, 5) is 4.23. The van der Waals surface area contributed by atoms with Crippen LogP contribution in [-0.4, -0.2) is 57.5 Å². The molecule has 0 amide bonds. The first kappa shape index (κ1) is 20.5. The molecule has 0 aliphatic heterocycles. The van der Waals surface area contributed by atoms with Crippen molar-refractivity contribution in [3.05, 3.63) is 53.7 Å². The normalized spacial score (nSPS) is 11.3. The number of nitrogens with zero attached hydrogens (tertiary/aromatic N) is 3. The number of ether oxygens (including phenoxy) is 3. The second-order valence-corrected chi connectivity index (χ2v) is 5.45. The molecule has 0 saturated carbocycles. The molecule has 144 valence electrons. The van der Waals surface area contributed by atoms with E-state index in [0.29, 0.717) is 38.9 Å². The van der Waals surface area contributed by atoms with Crippen molar-refractivity contribution in [2.45, 2.75) is 6.92 Å². The first-order valence-electron chi connectivity index (χ1n) is 8.90. The molecule has 0 spiro atoms. The van der Waals surface area contributed by atoms with Gasteiger partial charge in [0.1, 0.15) is 6.61 Å². The fourth-order valence-electron chi connectivity index (χ4n) is 2.06. The highest BCUT2D eigenvalue weighted by atomic mass is 16.5. The van der Waals surface area contributed by atoms with Crippen LogP contribution in [0.3, 0.4) is 0 Å². The lowest BCUT2D eigenvalue weighted by molar-refractivity contribution is 0.0399. The average molecular weight is 370 g/mol. The van der Waals surface area contributed by atoms with Crippen LogP contribution in [0, 0.1) is 0 Å². The SMILES string of the molecule is CCOCCOCCOc1ccc(/C=N/N=C/c2ccc(NC)cc2)cn1. The number of rotatable bonds is 12. The Morgan fingerprint density at radius 1 is 0.889 bits per heavy atom. The van der Waals surface area contributed by atoms with E-state index in [1.807, 2.05) is 44.3 Å². The summed E-state index contributed by atoms with van der Waals surface area (Å²) in [6.45, 7) is 4.78. The quantitative estimate of drug-likeness (QED) is 0.353. The Kier molecular flexibility index (Phi) is 9.56. The molecular weight excluding hydrogens is 344 g/mol. The fourth-order valence-corrected chi connectivity index (χ4v) is 2.06. The summed E-state index contributed by atoms with van der Waals surface area (Å²) in [6, 6.07) is 11.6. The largest absolute Gasteiger partial charge is 0.475 e. The number of anilines is 1. The molecule has 2 rings (SSSR count). The second kappa shape index (κ2) is 12.6. The molecule has 7 nitrogen and oxygen atoms in total. The molecule has 1 aromatic heterocycles. The van der Waals surface area contributed by atoms with Crippen molar-refractivity contribution in [2.24, 2.45) is 10.2 Å². The maximum Gasteiger partial charge on any atom is 0.213 e. The van der Waals surface area contributed by atoms with Gasteiger partial charge < -0.3 is 19.5 Å². The zero-order valence-corrected chi connectivity index (χ0v) is 15.8. The zero-order valence-electron chi connectivity index (χ0n) is 15.8. The van der Waals surface area contributed by atoms with E-state index in [0.717, 1.165) is 16.8 Å². The molecular formula is C20H26N4O3. The molecule has 27 heavy (non-hydrogen) atoms. The molecule has 1 N–H and O–H groups in total. The summed E-state index contributed by atoms with van der Waals surface area (Å²) in [7, 11) is 1.88. The van der Waals surface area contributed by atoms with E-state index < -0.39 is 0 Å². The van der Waals surface area contributed by atoms with E-state index in [1.54, 1.807) is 24.7 Å². The van der Waals surface area contributed by atoms with Gasteiger partial charge in [0.15, 0.2) is 0 Å². The average Bonchev–Trinajstić information content (AvgIpc) is 2.72. The number of pyridine rings is 1. The van der Waals surface area contributed by atoms with Gasteiger partial charge in [-0.25, -0.2) is 4.98 Å². The standard InChI is InChI=1S/C20H26N4O3/c1-3-25-10-11-26-12-13-27-20-9-6-18(14-22-20)16-24-23-15-17-4-7-19(21-2)8-5-17/h4-9,14-16,21H,3,10-13H2,1-2H3/b23-15+,24-16+. The van der Waals surface area contributed by atoms with Gasteiger partial charge in [-0.1, -0.05) is 12.1 Å². The summed E-state index contributed by atoms with van der Waals surface area (Å²) in [5, 5.41) is 11.2. The second-order valence-electron chi connectivity index (χ2n) is 5.45. The lowest BCUT2D eigenvalue weighted by Crippen LogP contribution is -2.11. The van der Waals surface area contributed by atoms with Crippen LogP contribution in [0.2, 0.25) is 0 Å². The first-order valence-corrected chi connectivity index (χ1v) is 8.90. The van der Waals surface area contributed by atoms with E-state index in [2.05, 4.69) is 20.5 Å². The van der Waals surface area contributed by atoms with Crippen molar-refractivity contribution in [1.82, 2.24) is 4.98 Å². The lowest BCUT2D eigenvalue weighted by Gasteiger charge is -2.06. The minimum absolute atomic E-state index is 0.448. The molecule has 2 aromatic rings. The van der Waals surface area contributed by atoms with Crippen molar-refractivity contribution < 1.29 is 14.2 Å². The van der Waals surface area contributed by atoms with Gasteiger partial charge in [0.2, 0.25) is 5.88 Å². The summed E-state index contributed by atoms with van der Waals surface area (Å²) >= 11 is 0. The van der Waals surface area contributed by atoms with E-state index in [4.69, 9.17) is 14.2 Å². The Balaban J connectivity index is 1.69. The van der Waals surface area contributed by atoms with Gasteiger partial charge in [0, 0.05) is 37.2 Å². The molecule has 7 heteroatoms. The van der Waals surface area contributed by atoms with Crippen LogP contribution in [0.4, 0.5) is 5.69 Å². The van der Waals surface area contributed by atoms with Crippen LogP contribution >= 0.6 is 0 Å². The highest BCUT2D eigenvalue weighted by Gasteiger charge is 1.96. The Labute approximate surface area is 160 Å². The van der Waals surface area contributed by atoms with Gasteiger partial charge in [-0.15, -0.1) is 0 Å². The molecule has 0 saturated heterocycles. The Morgan fingerprint density at radius 2 is 1.56 bits per heavy atom. The predicted octanol–water partition coefficient (Wildman–Crippen LogP) is 3.01. The minimum atomic E-state index is 0.448. The highest BCUT2D eigenvalue weighted by molar-refractivity contribution is 5.82. The van der Waals surface area contributed by atoms with Gasteiger partial charge in [0.25, 0.3) is 0 Å². The molecule has 0 aliphatic rings. The third-order valence-corrected chi connectivity index (χ3v) is 3.49. The highest BCUT2D eigenvalue weighted by Crippen LogP contribution is 2.07. The molecule has 0 unspecified atom stereocenters. The van der Waals surface area contributed by atoms with Crippen LogP contribution in [0.15, 0.2) is 52.8 Å². The monoisotopic (exact) mass is 370 g/mol. The minimum Gasteiger partial charge on any atom is -0.475 e. The molecule has 0 radical (unpaired) electrons. The van der Waals surface area contributed by atoms with Crippen molar-refractivity contribution in [1.29, 1.82) is 0 Å². The zero-order chi connectivity index (χ0) is 19.2. The smallest absolute Gasteiger partial charge is 0.213 e. The van der Waals surface area contributed by atoms with E-state index >= 15 is 0 Å². The number of nitrogens with one attached hydrogen (secondary N) is 1. The number of hydrogen-bond donors (Lipinski definition) is 1. The van der Waals surface area contributed by atoms with E-state index in [1.165, 1.54) is 0 Å². The first-order chi connectivity index (χ1) is 13.3. The molecule has 0 atom stereocenters. The van der Waals surface area contributed by atoms with Crippen molar-refractivity contribution in [2.75, 3.05) is 45.4 Å². The van der Waals surface area contributed by atoms with E-state index in [9.17, 15) is 0 Å². The van der Waals surface area contributed by atoms with Crippen LogP contribution in [0.25, 0.3) is 0 Å². The molecule has 0 bridgehead atoms.